The van der Waals surface area contributed by atoms with Gasteiger partial charge in [-0.3, -0.25) is 0 Å². The maximum Gasteiger partial charge on any atom is 0.0468 e. The number of benzene rings is 10. The first-order chi connectivity index (χ1) is 30.8. The first-order valence-electron chi connectivity index (χ1n) is 21.3. The molecule has 0 radical (unpaired) electrons. The van der Waals surface area contributed by atoms with Gasteiger partial charge >= 0.3 is 0 Å². The lowest BCUT2D eigenvalue weighted by Crippen LogP contribution is -2.09. The Morgan fingerprint density at radius 1 is 0.226 bits per heavy atom. The average molecular weight is 806 g/mol. The molecule has 0 aliphatic heterocycles. The third kappa shape index (κ3) is 6.07. The van der Waals surface area contributed by atoms with Crippen LogP contribution in [-0.4, -0.2) is 0 Å². The molecule has 0 saturated heterocycles. The van der Waals surface area contributed by atoms with Crippen molar-refractivity contribution in [2.45, 2.75) is 0 Å². The second kappa shape index (κ2) is 15.0. The van der Waals surface area contributed by atoms with Gasteiger partial charge in [0.15, 0.2) is 0 Å². The highest BCUT2D eigenvalue weighted by Crippen LogP contribution is 2.45. The molecule has 0 spiro atoms. The smallest absolute Gasteiger partial charge is 0.0468 e. The zero-order valence-corrected chi connectivity index (χ0v) is 34.7. The van der Waals surface area contributed by atoms with Gasteiger partial charge in [-0.05, 0) is 125 Å². The molecule has 1 heterocycles. The molecule has 11 aromatic carbocycles. The number of nitrogens with zero attached hydrogens (tertiary/aromatic N) is 1. The van der Waals surface area contributed by atoms with E-state index >= 15 is 0 Å². The van der Waals surface area contributed by atoms with E-state index in [-0.39, 0.29) is 0 Å². The van der Waals surface area contributed by atoms with Gasteiger partial charge in [0.05, 0.1) is 0 Å². The molecule has 0 bridgehead atoms. The highest BCUT2D eigenvalue weighted by atomic mass is 32.1. The summed E-state index contributed by atoms with van der Waals surface area (Å²) in [4.78, 5) is 2.41. The molecule has 0 amide bonds. The minimum atomic E-state index is 1.09. The molecule has 0 unspecified atom stereocenters. The van der Waals surface area contributed by atoms with Gasteiger partial charge in [-0.15, -0.1) is 11.3 Å². The monoisotopic (exact) mass is 805 g/mol. The molecule has 0 fully saturated rings. The van der Waals surface area contributed by atoms with Gasteiger partial charge < -0.3 is 4.90 Å². The molecule has 290 valence electrons. The van der Waals surface area contributed by atoms with Crippen molar-refractivity contribution in [3.63, 3.8) is 0 Å². The van der Waals surface area contributed by atoms with Crippen molar-refractivity contribution >= 4 is 102 Å². The highest BCUT2D eigenvalue weighted by Gasteiger charge is 2.18. The fraction of sp³-hybridized carbons (Fsp3) is 0. The normalized spacial score (nSPS) is 11.5. The van der Waals surface area contributed by atoms with E-state index in [4.69, 9.17) is 0 Å². The molecule has 0 aliphatic rings. The predicted octanol–water partition coefficient (Wildman–Crippen LogP) is 17.7. The van der Waals surface area contributed by atoms with Crippen LogP contribution in [0.15, 0.2) is 237 Å². The minimum Gasteiger partial charge on any atom is -0.310 e. The zero-order valence-electron chi connectivity index (χ0n) is 33.9. The van der Waals surface area contributed by atoms with Crippen molar-refractivity contribution in [2.24, 2.45) is 0 Å². The summed E-state index contributed by atoms with van der Waals surface area (Å²) in [5.74, 6) is 0. The third-order valence-corrected chi connectivity index (χ3v) is 13.6. The maximum absolute atomic E-state index is 2.44. The van der Waals surface area contributed by atoms with Gasteiger partial charge in [-0.1, -0.05) is 188 Å². The summed E-state index contributed by atoms with van der Waals surface area (Å²) in [5, 5.41) is 14.9. The van der Waals surface area contributed by atoms with E-state index in [2.05, 4.69) is 241 Å². The van der Waals surface area contributed by atoms with Crippen LogP contribution in [0, 0.1) is 0 Å². The Hall–Kier alpha value is -7.78. The van der Waals surface area contributed by atoms with E-state index < -0.39 is 0 Å². The Balaban J connectivity index is 1.22. The number of anilines is 3. The number of fused-ring (bicyclic) bond motifs is 14. The quantitative estimate of drug-likeness (QED) is 0.167. The zero-order chi connectivity index (χ0) is 41.0. The fourth-order valence-corrected chi connectivity index (χ4v) is 10.7. The standard InChI is InChI=1S/C60H39NS/c1-3-15-40(16-4-1)42-27-31-44(32-28-42)61(45-33-29-43(30-34-45)41-17-5-2-6-18-41)46-35-36-52-50-22-10-8-20-48(50)47-19-7-9-21-49(47)51-23-11-12-24-53(51)59-54(56(52)39-46)37-38-58-60(59)55-25-13-14-26-57(55)62-58/h1-39H. The molecule has 0 aliphatic carbocycles. The molecule has 62 heavy (non-hydrogen) atoms. The SMILES string of the molecule is c1ccc(-c2ccc(N(c3ccc(-c4ccccc4)cc3)c3ccc4c5ccccc5c5ccccc5c5ccccc5c5c(ccc6sc7ccccc7c65)c4c3)cc2)cc1. The number of rotatable bonds is 5. The Morgan fingerprint density at radius 3 is 1.13 bits per heavy atom. The van der Waals surface area contributed by atoms with Gasteiger partial charge in [-0.25, -0.2) is 0 Å². The van der Waals surface area contributed by atoms with Crippen LogP contribution in [0.3, 0.4) is 0 Å². The molecule has 12 rings (SSSR count). The van der Waals surface area contributed by atoms with E-state index in [1.54, 1.807) is 0 Å². The van der Waals surface area contributed by atoms with Crippen LogP contribution in [0.4, 0.5) is 17.1 Å². The summed E-state index contributed by atoms with van der Waals surface area (Å²) < 4.78 is 2.59. The van der Waals surface area contributed by atoms with Gasteiger partial charge in [0.25, 0.3) is 0 Å². The van der Waals surface area contributed by atoms with Crippen LogP contribution < -0.4 is 4.90 Å². The Labute approximate surface area is 364 Å². The van der Waals surface area contributed by atoms with Crippen LogP contribution in [0.5, 0.6) is 0 Å². The summed E-state index contributed by atoms with van der Waals surface area (Å²) >= 11 is 1.88. The van der Waals surface area contributed by atoms with Crippen LogP contribution >= 0.6 is 11.3 Å². The van der Waals surface area contributed by atoms with Crippen LogP contribution in [0.2, 0.25) is 0 Å². The van der Waals surface area contributed by atoms with Crippen molar-refractivity contribution in [1.82, 2.24) is 0 Å². The molecule has 12 aromatic rings. The van der Waals surface area contributed by atoms with Crippen molar-refractivity contribution in [3.8, 4) is 22.3 Å². The Morgan fingerprint density at radius 2 is 0.597 bits per heavy atom. The fourth-order valence-electron chi connectivity index (χ4n) is 9.61. The second-order valence-electron chi connectivity index (χ2n) is 16.0. The van der Waals surface area contributed by atoms with E-state index in [0.717, 1.165) is 17.1 Å². The van der Waals surface area contributed by atoms with Crippen molar-refractivity contribution < 1.29 is 0 Å². The lowest BCUT2D eigenvalue weighted by molar-refractivity contribution is 1.29. The summed E-state index contributed by atoms with van der Waals surface area (Å²) in [5.41, 5.74) is 8.07. The summed E-state index contributed by atoms with van der Waals surface area (Å²) in [6.45, 7) is 0. The second-order valence-corrected chi connectivity index (χ2v) is 17.1. The number of hydrogen-bond donors (Lipinski definition) is 0. The first-order valence-corrected chi connectivity index (χ1v) is 22.1. The van der Waals surface area contributed by atoms with E-state index in [1.165, 1.54) is 96.3 Å². The molecule has 0 atom stereocenters. The van der Waals surface area contributed by atoms with Gasteiger partial charge in [0, 0.05) is 37.2 Å². The summed E-state index contributed by atoms with van der Waals surface area (Å²) in [6, 6.07) is 87.0. The molecular weight excluding hydrogens is 767 g/mol. The van der Waals surface area contributed by atoms with Crippen molar-refractivity contribution in [1.29, 1.82) is 0 Å². The van der Waals surface area contributed by atoms with Crippen molar-refractivity contribution in [2.75, 3.05) is 4.90 Å². The molecular formula is C60H39NS. The van der Waals surface area contributed by atoms with Gasteiger partial charge in [-0.2, -0.15) is 0 Å². The number of hydrogen-bond acceptors (Lipinski definition) is 2. The van der Waals surface area contributed by atoms with Crippen molar-refractivity contribution in [3.05, 3.63) is 237 Å². The van der Waals surface area contributed by atoms with E-state index in [9.17, 15) is 0 Å². The number of thiophene rings is 1. The topological polar surface area (TPSA) is 3.24 Å². The van der Waals surface area contributed by atoms with Crippen LogP contribution in [-0.2, 0) is 0 Å². The molecule has 2 heteroatoms. The molecule has 1 nitrogen and oxygen atoms in total. The average Bonchev–Trinajstić information content (AvgIpc) is 3.74. The maximum atomic E-state index is 2.44. The molecule has 0 N–H and O–H groups in total. The summed E-state index contributed by atoms with van der Waals surface area (Å²) in [7, 11) is 0. The highest BCUT2D eigenvalue weighted by molar-refractivity contribution is 7.26. The van der Waals surface area contributed by atoms with E-state index in [0.29, 0.717) is 0 Å². The molecule has 1 aromatic heterocycles. The Kier molecular flexibility index (Phi) is 8.76. The molecule has 0 saturated carbocycles. The van der Waals surface area contributed by atoms with Gasteiger partial charge in [0.2, 0.25) is 0 Å². The first kappa shape index (κ1) is 36.1. The largest absolute Gasteiger partial charge is 0.310 e. The summed E-state index contributed by atoms with van der Waals surface area (Å²) in [6.07, 6.45) is 0. The van der Waals surface area contributed by atoms with Gasteiger partial charge in [0.1, 0.15) is 0 Å². The van der Waals surface area contributed by atoms with Crippen LogP contribution in [0.1, 0.15) is 0 Å². The third-order valence-electron chi connectivity index (χ3n) is 12.5. The lowest BCUT2D eigenvalue weighted by Gasteiger charge is -2.26. The van der Waals surface area contributed by atoms with Crippen LogP contribution in [0.25, 0.3) is 96.3 Å². The predicted molar refractivity (Wildman–Crippen MR) is 270 cm³/mol. The minimum absolute atomic E-state index is 1.09. The lowest BCUT2D eigenvalue weighted by atomic mass is 9.92. The Bertz CT molecular complexity index is 3640. The van der Waals surface area contributed by atoms with E-state index in [1.807, 2.05) is 11.3 Å².